The van der Waals surface area contributed by atoms with Gasteiger partial charge in [0.25, 0.3) is 5.56 Å². The Bertz CT molecular complexity index is 1220. The van der Waals surface area contributed by atoms with Crippen LogP contribution in [0.3, 0.4) is 0 Å². The number of alkyl halides is 3. The van der Waals surface area contributed by atoms with Gasteiger partial charge in [-0.15, -0.1) is 0 Å². The molecule has 0 radical (unpaired) electrons. The van der Waals surface area contributed by atoms with E-state index in [2.05, 4.69) is 25.6 Å². The van der Waals surface area contributed by atoms with E-state index in [1.54, 1.807) is 30.6 Å². The topological polar surface area (TPSA) is 103 Å². The molecule has 0 unspecified atom stereocenters. The predicted molar refractivity (Wildman–Crippen MR) is 129 cm³/mol. The molecule has 0 aromatic carbocycles. The molecule has 9 nitrogen and oxygen atoms in total. The number of pyridine rings is 2. The summed E-state index contributed by atoms with van der Waals surface area (Å²) < 4.78 is 48.9. The average molecular weight is 507 g/mol. The summed E-state index contributed by atoms with van der Waals surface area (Å²) in [6, 6.07) is 5.68. The highest BCUT2D eigenvalue weighted by Crippen LogP contribution is 2.24. The minimum Gasteiger partial charge on any atom is -0.481 e. The Hall–Kier alpha value is -3.25. The van der Waals surface area contributed by atoms with Gasteiger partial charge < -0.3 is 24.7 Å². The van der Waals surface area contributed by atoms with Crippen molar-refractivity contribution in [1.82, 2.24) is 24.8 Å². The first-order valence-corrected chi connectivity index (χ1v) is 11.8. The van der Waals surface area contributed by atoms with Crippen LogP contribution in [0.1, 0.15) is 25.7 Å². The van der Waals surface area contributed by atoms with Crippen LogP contribution in [0.15, 0.2) is 35.4 Å². The van der Waals surface area contributed by atoms with E-state index >= 15 is 0 Å². The second-order valence-electron chi connectivity index (χ2n) is 8.71. The third-order valence-electron chi connectivity index (χ3n) is 6.28. The zero-order valence-corrected chi connectivity index (χ0v) is 20.1. The predicted octanol–water partition coefficient (Wildman–Crippen LogP) is 3.38. The highest BCUT2D eigenvalue weighted by Gasteiger charge is 2.27. The summed E-state index contributed by atoms with van der Waals surface area (Å²) >= 11 is 0. The lowest BCUT2D eigenvalue weighted by atomic mass is 9.91. The Morgan fingerprint density at radius 1 is 1.11 bits per heavy atom. The van der Waals surface area contributed by atoms with Gasteiger partial charge in [-0.25, -0.2) is 9.97 Å². The SMILES string of the molecule is CNC1CCC(Nc2nc3cnc(-c4ccc(OC)nc4)cc3n(CCOCC(F)(F)F)c2=O)CC1. The van der Waals surface area contributed by atoms with Gasteiger partial charge in [0.2, 0.25) is 5.88 Å². The highest BCUT2D eigenvalue weighted by molar-refractivity contribution is 5.80. The molecule has 36 heavy (non-hydrogen) atoms. The van der Waals surface area contributed by atoms with Crippen molar-refractivity contribution in [1.29, 1.82) is 0 Å². The van der Waals surface area contributed by atoms with Gasteiger partial charge in [0, 0.05) is 36.5 Å². The first kappa shape index (κ1) is 25.8. The van der Waals surface area contributed by atoms with Gasteiger partial charge >= 0.3 is 6.18 Å². The van der Waals surface area contributed by atoms with E-state index in [0.29, 0.717) is 34.2 Å². The van der Waals surface area contributed by atoms with E-state index in [0.717, 1.165) is 25.7 Å². The Labute approximate surface area is 206 Å². The summed E-state index contributed by atoms with van der Waals surface area (Å²) in [7, 11) is 3.45. The lowest BCUT2D eigenvalue weighted by Crippen LogP contribution is -2.37. The Morgan fingerprint density at radius 2 is 1.86 bits per heavy atom. The molecule has 1 fully saturated rings. The smallest absolute Gasteiger partial charge is 0.411 e. The largest absolute Gasteiger partial charge is 0.481 e. The van der Waals surface area contributed by atoms with E-state index in [9.17, 15) is 18.0 Å². The fourth-order valence-corrected chi connectivity index (χ4v) is 4.34. The molecule has 0 amide bonds. The number of hydrogen-bond acceptors (Lipinski definition) is 8. The second-order valence-corrected chi connectivity index (χ2v) is 8.71. The van der Waals surface area contributed by atoms with E-state index in [1.165, 1.54) is 11.7 Å². The van der Waals surface area contributed by atoms with Crippen molar-refractivity contribution in [3.8, 4) is 17.1 Å². The van der Waals surface area contributed by atoms with Crippen LogP contribution in [-0.4, -0.2) is 65.2 Å². The fraction of sp³-hybridized carbons (Fsp3) is 0.500. The molecule has 4 rings (SSSR count). The first-order chi connectivity index (χ1) is 17.3. The molecule has 1 aliphatic carbocycles. The first-order valence-electron chi connectivity index (χ1n) is 11.8. The monoisotopic (exact) mass is 506 g/mol. The molecule has 0 aliphatic heterocycles. The molecule has 194 valence electrons. The molecule has 0 saturated heterocycles. The van der Waals surface area contributed by atoms with Gasteiger partial charge in [-0.3, -0.25) is 9.78 Å². The van der Waals surface area contributed by atoms with E-state index in [4.69, 9.17) is 9.47 Å². The average Bonchev–Trinajstić information content (AvgIpc) is 2.88. The van der Waals surface area contributed by atoms with Crippen molar-refractivity contribution in [2.24, 2.45) is 0 Å². The number of hydrogen-bond donors (Lipinski definition) is 2. The van der Waals surface area contributed by atoms with Crippen molar-refractivity contribution in [3.05, 3.63) is 40.9 Å². The lowest BCUT2D eigenvalue weighted by molar-refractivity contribution is -0.174. The molecule has 1 saturated carbocycles. The Kier molecular flexibility index (Phi) is 8.04. The highest BCUT2D eigenvalue weighted by atomic mass is 19.4. The maximum Gasteiger partial charge on any atom is 0.411 e. The number of nitrogens with one attached hydrogen (secondary N) is 2. The molecule has 0 atom stereocenters. The van der Waals surface area contributed by atoms with Crippen LogP contribution in [0.5, 0.6) is 5.88 Å². The second kappa shape index (κ2) is 11.2. The standard InChI is InChI=1S/C24H29F3N6O3/c1-28-16-4-6-17(7-5-16)31-22-23(34)33(9-10-36-14-24(25,26)27)20-11-18(29-13-19(20)32-22)15-3-8-21(35-2)30-12-15/h3,8,11-13,16-17,28H,4-7,9-10,14H2,1-2H3,(H,31,32). The number of fused-ring (bicyclic) bond motifs is 1. The molecular weight excluding hydrogens is 477 g/mol. The van der Waals surface area contributed by atoms with Gasteiger partial charge in [0.15, 0.2) is 5.82 Å². The van der Waals surface area contributed by atoms with Crippen LogP contribution in [0.2, 0.25) is 0 Å². The maximum absolute atomic E-state index is 13.4. The van der Waals surface area contributed by atoms with Crippen molar-refractivity contribution in [3.63, 3.8) is 0 Å². The number of halogens is 3. The summed E-state index contributed by atoms with van der Waals surface area (Å²) in [5.41, 5.74) is 1.70. The third kappa shape index (κ3) is 6.30. The van der Waals surface area contributed by atoms with Crippen molar-refractivity contribution >= 4 is 16.9 Å². The van der Waals surface area contributed by atoms with Crippen molar-refractivity contribution in [2.75, 3.05) is 32.7 Å². The number of anilines is 1. The number of aromatic nitrogens is 4. The molecule has 1 aliphatic rings. The minimum atomic E-state index is -4.44. The number of rotatable bonds is 9. The number of ether oxygens (including phenoxy) is 2. The summed E-state index contributed by atoms with van der Waals surface area (Å²) in [5, 5.41) is 6.53. The molecular formula is C24H29F3N6O3. The molecule has 3 aromatic rings. The number of methoxy groups -OCH3 is 1. The molecule has 0 spiro atoms. The Morgan fingerprint density at radius 3 is 2.50 bits per heavy atom. The van der Waals surface area contributed by atoms with Crippen LogP contribution in [-0.2, 0) is 11.3 Å². The lowest BCUT2D eigenvalue weighted by Gasteiger charge is -2.29. The van der Waals surface area contributed by atoms with Crippen LogP contribution in [0.25, 0.3) is 22.3 Å². The molecule has 3 heterocycles. The van der Waals surface area contributed by atoms with Gasteiger partial charge in [0.05, 0.1) is 31.1 Å². The zero-order valence-electron chi connectivity index (χ0n) is 20.1. The molecule has 12 heteroatoms. The van der Waals surface area contributed by atoms with Gasteiger partial charge in [0.1, 0.15) is 12.1 Å². The van der Waals surface area contributed by atoms with E-state index in [1.807, 2.05) is 7.05 Å². The zero-order chi connectivity index (χ0) is 25.7. The molecule has 0 bridgehead atoms. The van der Waals surface area contributed by atoms with Gasteiger partial charge in [-0.2, -0.15) is 13.2 Å². The third-order valence-corrected chi connectivity index (χ3v) is 6.28. The van der Waals surface area contributed by atoms with Crippen molar-refractivity contribution in [2.45, 2.75) is 50.5 Å². The van der Waals surface area contributed by atoms with Crippen LogP contribution >= 0.6 is 0 Å². The summed E-state index contributed by atoms with van der Waals surface area (Å²) in [5.74, 6) is 0.603. The summed E-state index contributed by atoms with van der Waals surface area (Å²) in [4.78, 5) is 26.6. The van der Waals surface area contributed by atoms with Gasteiger partial charge in [-0.05, 0) is 44.9 Å². The number of nitrogens with zero attached hydrogens (tertiary/aromatic N) is 4. The van der Waals surface area contributed by atoms with Crippen LogP contribution < -0.4 is 20.9 Å². The normalized spacial score (nSPS) is 18.4. The van der Waals surface area contributed by atoms with Gasteiger partial charge in [-0.1, -0.05) is 0 Å². The quantitative estimate of drug-likeness (QED) is 0.426. The molecule has 3 aromatic heterocycles. The maximum atomic E-state index is 13.4. The van der Waals surface area contributed by atoms with Crippen LogP contribution in [0, 0.1) is 0 Å². The summed E-state index contributed by atoms with van der Waals surface area (Å²) in [6.07, 6.45) is 2.39. The van der Waals surface area contributed by atoms with Crippen molar-refractivity contribution < 1.29 is 22.6 Å². The van der Waals surface area contributed by atoms with E-state index < -0.39 is 18.3 Å². The Balaban J connectivity index is 1.66. The van der Waals surface area contributed by atoms with E-state index in [-0.39, 0.29) is 25.0 Å². The fourth-order valence-electron chi connectivity index (χ4n) is 4.34. The van der Waals surface area contributed by atoms with Crippen LogP contribution in [0.4, 0.5) is 19.0 Å². The molecule has 2 N–H and O–H groups in total. The minimum absolute atomic E-state index is 0.0700. The summed E-state index contributed by atoms with van der Waals surface area (Å²) in [6.45, 7) is -1.73.